The van der Waals surface area contributed by atoms with Crippen molar-refractivity contribution >= 4 is 0 Å². The SMILES string of the molecule is CCOc1cncc(C2CCC2N)c1. The molecule has 2 atom stereocenters. The van der Waals surface area contributed by atoms with Gasteiger partial charge in [-0.3, -0.25) is 4.98 Å². The van der Waals surface area contributed by atoms with Crippen molar-refractivity contribution < 1.29 is 4.74 Å². The van der Waals surface area contributed by atoms with Crippen LogP contribution in [0, 0.1) is 0 Å². The van der Waals surface area contributed by atoms with E-state index in [1.165, 1.54) is 12.0 Å². The van der Waals surface area contributed by atoms with Gasteiger partial charge in [0.05, 0.1) is 12.8 Å². The fraction of sp³-hybridized carbons (Fsp3) is 0.545. The Kier molecular flexibility index (Phi) is 2.68. The zero-order valence-corrected chi connectivity index (χ0v) is 8.44. The minimum Gasteiger partial charge on any atom is -0.492 e. The zero-order chi connectivity index (χ0) is 9.97. The van der Waals surface area contributed by atoms with Gasteiger partial charge in [-0.15, -0.1) is 0 Å². The molecule has 2 N–H and O–H groups in total. The van der Waals surface area contributed by atoms with E-state index >= 15 is 0 Å². The largest absolute Gasteiger partial charge is 0.492 e. The summed E-state index contributed by atoms with van der Waals surface area (Å²) in [6.07, 6.45) is 5.95. The molecule has 76 valence electrons. The molecule has 1 heterocycles. The monoisotopic (exact) mass is 192 g/mol. The lowest BCUT2D eigenvalue weighted by Crippen LogP contribution is -2.37. The molecule has 0 aromatic carbocycles. The van der Waals surface area contributed by atoms with Gasteiger partial charge in [-0.25, -0.2) is 0 Å². The summed E-state index contributed by atoms with van der Waals surface area (Å²) in [4.78, 5) is 4.16. The Balaban J connectivity index is 2.13. The normalized spacial score (nSPS) is 25.6. The Morgan fingerprint density at radius 1 is 1.50 bits per heavy atom. The minimum absolute atomic E-state index is 0.314. The molecular weight excluding hydrogens is 176 g/mol. The summed E-state index contributed by atoms with van der Waals surface area (Å²) < 4.78 is 5.40. The highest BCUT2D eigenvalue weighted by Crippen LogP contribution is 2.36. The van der Waals surface area contributed by atoms with E-state index in [-0.39, 0.29) is 0 Å². The van der Waals surface area contributed by atoms with E-state index in [2.05, 4.69) is 11.1 Å². The van der Waals surface area contributed by atoms with E-state index in [0.29, 0.717) is 18.6 Å². The Bertz CT molecular complexity index is 314. The van der Waals surface area contributed by atoms with Gasteiger partial charge in [0.15, 0.2) is 0 Å². The van der Waals surface area contributed by atoms with E-state index in [9.17, 15) is 0 Å². The maximum atomic E-state index is 5.91. The van der Waals surface area contributed by atoms with Crippen LogP contribution < -0.4 is 10.5 Å². The van der Waals surface area contributed by atoms with Crippen LogP contribution in [0.5, 0.6) is 5.75 Å². The molecule has 2 unspecified atom stereocenters. The van der Waals surface area contributed by atoms with Crippen LogP contribution in [0.2, 0.25) is 0 Å². The molecule has 1 aromatic rings. The van der Waals surface area contributed by atoms with Crippen molar-refractivity contribution in [2.24, 2.45) is 5.73 Å². The summed E-state index contributed by atoms with van der Waals surface area (Å²) in [6, 6.07) is 2.37. The number of hydrogen-bond acceptors (Lipinski definition) is 3. The molecule has 1 saturated carbocycles. The Hall–Kier alpha value is -1.09. The standard InChI is InChI=1S/C11H16N2O/c1-2-14-9-5-8(6-13-7-9)10-3-4-11(10)12/h5-7,10-11H,2-4,12H2,1H3. The molecule has 0 saturated heterocycles. The van der Waals surface area contributed by atoms with Crippen molar-refractivity contribution in [3.63, 3.8) is 0 Å². The van der Waals surface area contributed by atoms with Gasteiger partial charge >= 0.3 is 0 Å². The van der Waals surface area contributed by atoms with Gasteiger partial charge in [0.25, 0.3) is 0 Å². The van der Waals surface area contributed by atoms with E-state index in [1.54, 1.807) is 6.20 Å². The number of pyridine rings is 1. The number of nitrogens with two attached hydrogens (primary N) is 1. The lowest BCUT2D eigenvalue weighted by atomic mass is 9.76. The van der Waals surface area contributed by atoms with Gasteiger partial charge in [0, 0.05) is 18.2 Å². The van der Waals surface area contributed by atoms with Crippen molar-refractivity contribution in [3.05, 3.63) is 24.0 Å². The summed E-state index contributed by atoms with van der Waals surface area (Å²) in [7, 11) is 0. The molecule has 1 aliphatic rings. The van der Waals surface area contributed by atoms with Crippen LogP contribution in [-0.4, -0.2) is 17.6 Å². The second kappa shape index (κ2) is 3.96. The number of rotatable bonds is 3. The van der Waals surface area contributed by atoms with E-state index < -0.39 is 0 Å². The number of nitrogens with zero attached hydrogens (tertiary/aromatic N) is 1. The van der Waals surface area contributed by atoms with E-state index in [4.69, 9.17) is 10.5 Å². The first kappa shape index (κ1) is 9.46. The molecule has 14 heavy (non-hydrogen) atoms. The van der Waals surface area contributed by atoms with Gasteiger partial charge in [0.1, 0.15) is 5.75 Å². The van der Waals surface area contributed by atoms with Crippen LogP contribution in [-0.2, 0) is 0 Å². The minimum atomic E-state index is 0.314. The first-order valence-electron chi connectivity index (χ1n) is 5.14. The first-order valence-corrected chi connectivity index (χ1v) is 5.14. The van der Waals surface area contributed by atoms with Crippen molar-refractivity contribution in [3.8, 4) is 5.75 Å². The summed E-state index contributed by atoms with van der Waals surface area (Å²) in [5, 5.41) is 0. The lowest BCUT2D eigenvalue weighted by Gasteiger charge is -2.33. The van der Waals surface area contributed by atoms with Gasteiger partial charge in [0.2, 0.25) is 0 Å². The van der Waals surface area contributed by atoms with Crippen molar-refractivity contribution in [1.82, 2.24) is 4.98 Å². The van der Waals surface area contributed by atoms with Crippen LogP contribution in [0.25, 0.3) is 0 Å². The fourth-order valence-corrected chi connectivity index (χ4v) is 1.82. The van der Waals surface area contributed by atoms with Gasteiger partial charge in [-0.1, -0.05) is 0 Å². The summed E-state index contributed by atoms with van der Waals surface area (Å²) in [5.74, 6) is 1.34. The highest BCUT2D eigenvalue weighted by Gasteiger charge is 2.29. The van der Waals surface area contributed by atoms with Crippen LogP contribution in [0.1, 0.15) is 31.2 Å². The number of ether oxygens (including phenoxy) is 1. The smallest absolute Gasteiger partial charge is 0.137 e. The quantitative estimate of drug-likeness (QED) is 0.792. The average Bonchev–Trinajstić information content (AvgIpc) is 2.17. The number of hydrogen-bond donors (Lipinski definition) is 1. The fourth-order valence-electron chi connectivity index (χ4n) is 1.82. The van der Waals surface area contributed by atoms with Crippen molar-refractivity contribution in [2.45, 2.75) is 31.7 Å². The third-order valence-corrected chi connectivity index (χ3v) is 2.80. The maximum Gasteiger partial charge on any atom is 0.137 e. The summed E-state index contributed by atoms with van der Waals surface area (Å²) in [5.41, 5.74) is 7.13. The number of aromatic nitrogens is 1. The zero-order valence-electron chi connectivity index (χ0n) is 8.44. The molecule has 0 spiro atoms. The molecular formula is C11H16N2O. The molecule has 1 aliphatic carbocycles. The van der Waals surface area contributed by atoms with Gasteiger partial charge in [-0.05, 0) is 31.4 Å². The van der Waals surface area contributed by atoms with Crippen molar-refractivity contribution in [1.29, 1.82) is 0 Å². The van der Waals surface area contributed by atoms with Gasteiger partial charge in [-0.2, -0.15) is 0 Å². The summed E-state index contributed by atoms with van der Waals surface area (Å²) >= 11 is 0. The van der Waals surface area contributed by atoms with E-state index in [0.717, 1.165) is 12.2 Å². The van der Waals surface area contributed by atoms with Crippen LogP contribution >= 0.6 is 0 Å². The second-order valence-corrected chi connectivity index (χ2v) is 3.73. The molecule has 3 heteroatoms. The molecule has 2 rings (SSSR count). The molecule has 1 aromatic heterocycles. The Morgan fingerprint density at radius 2 is 2.36 bits per heavy atom. The molecule has 0 bridgehead atoms. The predicted molar refractivity (Wildman–Crippen MR) is 55.4 cm³/mol. The van der Waals surface area contributed by atoms with Crippen LogP contribution in [0.3, 0.4) is 0 Å². The van der Waals surface area contributed by atoms with Crippen LogP contribution in [0.15, 0.2) is 18.5 Å². The molecule has 0 amide bonds. The molecule has 0 aliphatic heterocycles. The van der Waals surface area contributed by atoms with Gasteiger partial charge < -0.3 is 10.5 Å². The second-order valence-electron chi connectivity index (χ2n) is 3.73. The maximum absolute atomic E-state index is 5.91. The topological polar surface area (TPSA) is 48.1 Å². The van der Waals surface area contributed by atoms with E-state index in [1.807, 2.05) is 13.1 Å². The molecule has 0 radical (unpaired) electrons. The van der Waals surface area contributed by atoms with Crippen LogP contribution in [0.4, 0.5) is 0 Å². The first-order chi connectivity index (χ1) is 6.81. The molecule has 1 fully saturated rings. The third kappa shape index (κ3) is 1.73. The molecule has 3 nitrogen and oxygen atoms in total. The predicted octanol–water partition coefficient (Wildman–Crippen LogP) is 1.69. The lowest BCUT2D eigenvalue weighted by molar-refractivity contribution is 0.329. The Morgan fingerprint density at radius 3 is 2.93 bits per heavy atom. The average molecular weight is 192 g/mol. The summed E-state index contributed by atoms with van der Waals surface area (Å²) in [6.45, 7) is 2.66. The highest BCUT2D eigenvalue weighted by atomic mass is 16.5. The van der Waals surface area contributed by atoms with Crippen molar-refractivity contribution in [2.75, 3.05) is 6.61 Å². The Labute approximate surface area is 84.3 Å². The highest BCUT2D eigenvalue weighted by molar-refractivity contribution is 5.29. The third-order valence-electron chi connectivity index (χ3n) is 2.80.